The van der Waals surface area contributed by atoms with Crippen molar-refractivity contribution in [2.75, 3.05) is 6.61 Å². The molecule has 0 aliphatic carbocycles. The van der Waals surface area contributed by atoms with Crippen molar-refractivity contribution in [1.29, 1.82) is 0 Å². The first-order chi connectivity index (χ1) is 7.75. The zero-order valence-electron chi connectivity index (χ0n) is 9.02. The van der Waals surface area contributed by atoms with Crippen molar-refractivity contribution in [1.82, 2.24) is 0 Å². The highest BCUT2D eigenvalue weighted by Gasteiger charge is 2.16. The fourth-order valence-electron chi connectivity index (χ4n) is 1.17. The maximum Gasteiger partial charge on any atom is 0.379 e. The van der Waals surface area contributed by atoms with Crippen molar-refractivity contribution >= 4 is 11.8 Å². The van der Waals surface area contributed by atoms with Crippen LogP contribution in [-0.2, 0) is 9.53 Å². The Kier molecular flexibility index (Phi) is 4.99. The van der Waals surface area contributed by atoms with Crippen LogP contribution in [0.3, 0.4) is 0 Å². The molecule has 1 aromatic rings. The number of rotatable bonds is 6. The van der Waals surface area contributed by atoms with Gasteiger partial charge in [-0.1, -0.05) is 36.4 Å². The van der Waals surface area contributed by atoms with Gasteiger partial charge in [0, 0.05) is 5.56 Å². The summed E-state index contributed by atoms with van der Waals surface area (Å²) in [6.07, 6.45) is 3.21. The van der Waals surface area contributed by atoms with Crippen LogP contribution in [0.5, 0.6) is 0 Å². The van der Waals surface area contributed by atoms with E-state index in [2.05, 4.69) is 6.58 Å². The number of benzene rings is 1. The topological polar surface area (TPSA) is 43.4 Å². The second-order valence-electron chi connectivity index (χ2n) is 3.26. The van der Waals surface area contributed by atoms with Crippen LogP contribution < -0.4 is 0 Å². The molecule has 0 heterocycles. The Balaban J connectivity index is 2.43. The van der Waals surface area contributed by atoms with Crippen LogP contribution in [0.1, 0.15) is 23.2 Å². The van der Waals surface area contributed by atoms with Gasteiger partial charge < -0.3 is 4.74 Å². The Labute approximate surface area is 94.7 Å². The van der Waals surface area contributed by atoms with Crippen molar-refractivity contribution < 1.29 is 14.3 Å². The number of unbranched alkanes of at least 4 members (excludes halogenated alkanes) is 1. The van der Waals surface area contributed by atoms with Crippen LogP contribution in [0.25, 0.3) is 0 Å². The lowest BCUT2D eigenvalue weighted by molar-refractivity contribution is -0.138. The lowest BCUT2D eigenvalue weighted by atomic mass is 10.1. The lowest BCUT2D eigenvalue weighted by Crippen LogP contribution is -2.18. The van der Waals surface area contributed by atoms with E-state index in [-0.39, 0.29) is 6.61 Å². The van der Waals surface area contributed by atoms with Crippen LogP contribution in [0.4, 0.5) is 0 Å². The third-order valence-corrected chi connectivity index (χ3v) is 2.01. The first kappa shape index (κ1) is 12.2. The molecule has 0 radical (unpaired) electrons. The fraction of sp³-hybridized carbons (Fsp3) is 0.231. The van der Waals surface area contributed by atoms with Crippen LogP contribution >= 0.6 is 0 Å². The number of allylic oxidation sites excluding steroid dienone is 1. The van der Waals surface area contributed by atoms with E-state index in [0.29, 0.717) is 12.0 Å². The van der Waals surface area contributed by atoms with E-state index in [0.717, 1.165) is 6.42 Å². The van der Waals surface area contributed by atoms with Gasteiger partial charge in [0.15, 0.2) is 0 Å². The third kappa shape index (κ3) is 3.69. The van der Waals surface area contributed by atoms with Gasteiger partial charge in [-0.15, -0.1) is 6.58 Å². The molecule has 0 spiro atoms. The molecule has 0 bridgehead atoms. The minimum atomic E-state index is -0.796. The summed E-state index contributed by atoms with van der Waals surface area (Å²) >= 11 is 0. The molecule has 84 valence electrons. The molecule has 16 heavy (non-hydrogen) atoms. The molecule has 0 amide bonds. The average Bonchev–Trinajstić information content (AvgIpc) is 2.34. The number of ketones is 1. The molecule has 0 aromatic heterocycles. The molecule has 0 aliphatic rings. The molecule has 1 aromatic carbocycles. The van der Waals surface area contributed by atoms with Gasteiger partial charge in [-0.05, 0) is 12.8 Å². The van der Waals surface area contributed by atoms with Crippen LogP contribution in [0, 0.1) is 0 Å². The van der Waals surface area contributed by atoms with E-state index in [1.54, 1.807) is 36.4 Å². The molecule has 0 unspecified atom stereocenters. The highest BCUT2D eigenvalue weighted by Crippen LogP contribution is 2.02. The average molecular weight is 218 g/mol. The molecule has 1 rings (SSSR count). The molecule has 0 N–H and O–H groups in total. The molecule has 0 saturated carbocycles. The van der Waals surface area contributed by atoms with Crippen LogP contribution in [0.2, 0.25) is 0 Å². The first-order valence-electron chi connectivity index (χ1n) is 5.13. The molecule has 0 aliphatic heterocycles. The summed E-state index contributed by atoms with van der Waals surface area (Å²) in [4.78, 5) is 22.8. The first-order valence-corrected chi connectivity index (χ1v) is 5.13. The van der Waals surface area contributed by atoms with Gasteiger partial charge >= 0.3 is 5.97 Å². The number of esters is 1. The Morgan fingerprint density at radius 2 is 1.94 bits per heavy atom. The molecule has 0 fully saturated rings. The predicted molar refractivity (Wildman–Crippen MR) is 61.2 cm³/mol. The zero-order chi connectivity index (χ0) is 11.8. The van der Waals surface area contributed by atoms with E-state index in [1.165, 1.54) is 0 Å². The molecule has 3 nitrogen and oxygen atoms in total. The van der Waals surface area contributed by atoms with Crippen LogP contribution in [0.15, 0.2) is 43.0 Å². The van der Waals surface area contributed by atoms with Crippen LogP contribution in [-0.4, -0.2) is 18.4 Å². The van der Waals surface area contributed by atoms with Crippen molar-refractivity contribution in [2.24, 2.45) is 0 Å². The number of ether oxygens (including phenoxy) is 1. The number of hydrogen-bond donors (Lipinski definition) is 0. The number of Topliss-reactive ketones (excluding diaryl/α,β-unsaturated/α-hetero) is 1. The third-order valence-electron chi connectivity index (χ3n) is 2.01. The second kappa shape index (κ2) is 6.56. The molecular weight excluding hydrogens is 204 g/mol. The minimum absolute atomic E-state index is 0.253. The van der Waals surface area contributed by atoms with E-state index >= 15 is 0 Å². The zero-order valence-corrected chi connectivity index (χ0v) is 9.02. The summed E-state index contributed by atoms with van der Waals surface area (Å²) < 4.78 is 4.82. The predicted octanol–water partition coefficient (Wildman–Crippen LogP) is 2.38. The van der Waals surface area contributed by atoms with Crippen molar-refractivity contribution in [3.8, 4) is 0 Å². The summed E-state index contributed by atoms with van der Waals surface area (Å²) in [7, 11) is 0. The molecule has 0 atom stereocenters. The summed E-state index contributed by atoms with van der Waals surface area (Å²) in [5.74, 6) is -1.39. The number of carbonyl (C=O) groups is 2. The Hall–Kier alpha value is -1.90. The number of carbonyl (C=O) groups excluding carboxylic acids is 2. The Morgan fingerprint density at radius 3 is 2.56 bits per heavy atom. The van der Waals surface area contributed by atoms with Crippen molar-refractivity contribution in [3.05, 3.63) is 48.6 Å². The molecular formula is C13H14O3. The minimum Gasteiger partial charge on any atom is -0.460 e. The maximum absolute atomic E-state index is 11.5. The smallest absolute Gasteiger partial charge is 0.379 e. The van der Waals surface area contributed by atoms with Crippen molar-refractivity contribution in [2.45, 2.75) is 12.8 Å². The SMILES string of the molecule is C=CCCCOC(=O)C(=O)c1ccccc1. The van der Waals surface area contributed by atoms with Gasteiger partial charge in [-0.2, -0.15) is 0 Å². The van der Waals surface area contributed by atoms with Gasteiger partial charge in [0.05, 0.1) is 6.61 Å². The number of hydrogen-bond acceptors (Lipinski definition) is 3. The maximum atomic E-state index is 11.5. The van der Waals surface area contributed by atoms with Gasteiger partial charge in [-0.25, -0.2) is 4.79 Å². The van der Waals surface area contributed by atoms with Gasteiger partial charge in [0.25, 0.3) is 5.78 Å². The summed E-state index contributed by atoms with van der Waals surface area (Å²) in [5, 5.41) is 0. The fourth-order valence-corrected chi connectivity index (χ4v) is 1.17. The highest BCUT2D eigenvalue weighted by atomic mass is 16.5. The second-order valence-corrected chi connectivity index (χ2v) is 3.26. The summed E-state index contributed by atoms with van der Waals surface area (Å²) in [6.45, 7) is 3.81. The van der Waals surface area contributed by atoms with Gasteiger partial charge in [0.1, 0.15) is 0 Å². The Morgan fingerprint density at radius 1 is 1.25 bits per heavy atom. The summed E-state index contributed by atoms with van der Waals surface area (Å²) in [6, 6.07) is 8.38. The summed E-state index contributed by atoms with van der Waals surface area (Å²) in [5.41, 5.74) is 0.358. The lowest BCUT2D eigenvalue weighted by Gasteiger charge is -2.02. The quantitative estimate of drug-likeness (QED) is 0.242. The van der Waals surface area contributed by atoms with E-state index in [1.807, 2.05) is 0 Å². The van der Waals surface area contributed by atoms with E-state index in [4.69, 9.17) is 4.74 Å². The van der Waals surface area contributed by atoms with Crippen molar-refractivity contribution in [3.63, 3.8) is 0 Å². The largest absolute Gasteiger partial charge is 0.460 e. The van der Waals surface area contributed by atoms with E-state index < -0.39 is 11.8 Å². The standard InChI is InChI=1S/C13H14O3/c1-2-3-7-10-16-13(15)12(14)11-8-5-4-6-9-11/h2,4-6,8-9H,1,3,7,10H2. The van der Waals surface area contributed by atoms with Gasteiger partial charge in [0.2, 0.25) is 0 Å². The molecule has 3 heteroatoms. The molecule has 0 saturated heterocycles. The normalized spacial score (nSPS) is 9.50. The van der Waals surface area contributed by atoms with Gasteiger partial charge in [-0.3, -0.25) is 4.79 Å². The highest BCUT2D eigenvalue weighted by molar-refractivity contribution is 6.40. The van der Waals surface area contributed by atoms with E-state index in [9.17, 15) is 9.59 Å². The Bertz CT molecular complexity index is 368. The monoisotopic (exact) mass is 218 g/mol.